The lowest BCUT2D eigenvalue weighted by Crippen LogP contribution is -2.41. The van der Waals surface area contributed by atoms with Gasteiger partial charge in [-0.2, -0.15) is 0 Å². The van der Waals surface area contributed by atoms with Crippen molar-refractivity contribution in [1.82, 2.24) is 9.97 Å². The standard InChI is InChI=1S/C24H30N4O3/c1-5-30-17(4)20-13-18-8-9-25-24(29)22(18)23(27-20)26-19-6-7-21(15(2)12-19)28-10-11-31-16(3)14-28/h6-9,12-13,16-17H,5,10-11,14H2,1-4H3,(H,25,29)(H,26,27)/t16-,17?/m1/s1. The summed E-state index contributed by atoms with van der Waals surface area (Å²) < 4.78 is 11.4. The number of aromatic nitrogens is 2. The fourth-order valence-corrected chi connectivity index (χ4v) is 4.13. The van der Waals surface area contributed by atoms with Crippen LogP contribution in [0, 0.1) is 6.92 Å². The minimum atomic E-state index is -0.168. The van der Waals surface area contributed by atoms with Crippen LogP contribution in [0.4, 0.5) is 17.2 Å². The normalized spacial score (nSPS) is 17.7. The second-order valence-electron chi connectivity index (χ2n) is 8.02. The van der Waals surface area contributed by atoms with E-state index in [1.807, 2.05) is 32.0 Å². The number of rotatable bonds is 6. The molecular weight excluding hydrogens is 392 g/mol. The molecule has 0 saturated carbocycles. The first kappa shape index (κ1) is 21.3. The molecule has 1 fully saturated rings. The lowest BCUT2D eigenvalue weighted by Gasteiger charge is -2.34. The van der Waals surface area contributed by atoms with Gasteiger partial charge in [0.05, 0.1) is 29.9 Å². The van der Waals surface area contributed by atoms with Gasteiger partial charge in [0.25, 0.3) is 5.56 Å². The number of pyridine rings is 2. The van der Waals surface area contributed by atoms with E-state index in [1.165, 1.54) is 5.69 Å². The third kappa shape index (κ3) is 4.57. The van der Waals surface area contributed by atoms with Crippen LogP contribution in [0.2, 0.25) is 0 Å². The highest BCUT2D eigenvalue weighted by molar-refractivity contribution is 5.93. The number of anilines is 3. The number of aromatic amines is 1. The summed E-state index contributed by atoms with van der Waals surface area (Å²) in [5.41, 5.74) is 3.88. The maximum atomic E-state index is 12.6. The van der Waals surface area contributed by atoms with E-state index in [-0.39, 0.29) is 17.8 Å². The highest BCUT2D eigenvalue weighted by atomic mass is 16.5. The molecule has 0 amide bonds. The first-order valence-electron chi connectivity index (χ1n) is 10.8. The number of nitrogens with one attached hydrogen (secondary N) is 2. The highest BCUT2D eigenvalue weighted by Gasteiger charge is 2.19. The van der Waals surface area contributed by atoms with Gasteiger partial charge in [-0.05, 0) is 69.0 Å². The number of hydrogen-bond acceptors (Lipinski definition) is 6. The molecule has 1 aliphatic heterocycles. The summed E-state index contributed by atoms with van der Waals surface area (Å²) in [4.78, 5) is 22.4. The minimum Gasteiger partial charge on any atom is -0.375 e. The van der Waals surface area contributed by atoms with Crippen LogP contribution in [0.25, 0.3) is 10.8 Å². The Labute approximate surface area is 182 Å². The monoisotopic (exact) mass is 422 g/mol. The number of H-pyrrole nitrogens is 1. The maximum absolute atomic E-state index is 12.6. The van der Waals surface area contributed by atoms with E-state index in [2.05, 4.69) is 41.2 Å². The van der Waals surface area contributed by atoms with Crippen molar-refractivity contribution in [2.45, 2.75) is 39.9 Å². The number of benzene rings is 1. The molecule has 0 aliphatic carbocycles. The molecule has 0 radical (unpaired) electrons. The van der Waals surface area contributed by atoms with Gasteiger partial charge in [-0.3, -0.25) is 4.79 Å². The average molecular weight is 423 g/mol. The van der Waals surface area contributed by atoms with Crippen LogP contribution in [0.5, 0.6) is 0 Å². The molecule has 4 rings (SSSR count). The minimum absolute atomic E-state index is 0.165. The summed E-state index contributed by atoms with van der Waals surface area (Å²) in [5.74, 6) is 0.535. The number of hydrogen-bond donors (Lipinski definition) is 2. The molecule has 31 heavy (non-hydrogen) atoms. The molecule has 1 unspecified atom stereocenters. The summed E-state index contributed by atoms with van der Waals surface area (Å²) in [6.07, 6.45) is 1.72. The zero-order chi connectivity index (χ0) is 22.0. The molecular formula is C24H30N4O3. The van der Waals surface area contributed by atoms with Gasteiger partial charge in [-0.1, -0.05) is 0 Å². The van der Waals surface area contributed by atoms with E-state index in [9.17, 15) is 4.79 Å². The van der Waals surface area contributed by atoms with E-state index in [1.54, 1.807) is 6.20 Å². The van der Waals surface area contributed by atoms with Crippen molar-refractivity contribution < 1.29 is 9.47 Å². The topological polar surface area (TPSA) is 79.5 Å². The summed E-state index contributed by atoms with van der Waals surface area (Å²) >= 11 is 0. The maximum Gasteiger partial charge on any atom is 0.259 e. The summed E-state index contributed by atoms with van der Waals surface area (Å²) in [6.45, 7) is 11.2. The molecule has 2 aromatic heterocycles. The molecule has 1 aromatic carbocycles. The van der Waals surface area contributed by atoms with Crippen molar-refractivity contribution in [2.24, 2.45) is 0 Å². The van der Waals surface area contributed by atoms with Crippen molar-refractivity contribution in [3.63, 3.8) is 0 Å². The molecule has 2 N–H and O–H groups in total. The van der Waals surface area contributed by atoms with E-state index in [0.29, 0.717) is 17.8 Å². The molecule has 3 aromatic rings. The van der Waals surface area contributed by atoms with E-state index in [4.69, 9.17) is 14.5 Å². The number of fused-ring (bicyclic) bond motifs is 1. The predicted molar refractivity (Wildman–Crippen MR) is 124 cm³/mol. The molecule has 1 saturated heterocycles. The molecule has 7 heteroatoms. The fraction of sp³-hybridized carbons (Fsp3) is 0.417. The molecule has 2 atom stereocenters. The lowest BCUT2D eigenvalue weighted by molar-refractivity contribution is 0.0532. The van der Waals surface area contributed by atoms with Crippen LogP contribution in [-0.2, 0) is 9.47 Å². The molecule has 3 heterocycles. The zero-order valence-corrected chi connectivity index (χ0v) is 18.6. The largest absolute Gasteiger partial charge is 0.375 e. The number of aryl methyl sites for hydroxylation is 1. The van der Waals surface area contributed by atoms with Gasteiger partial charge in [0, 0.05) is 37.3 Å². The second kappa shape index (κ2) is 9.08. The summed E-state index contributed by atoms with van der Waals surface area (Å²) in [7, 11) is 0. The Morgan fingerprint density at radius 1 is 1.35 bits per heavy atom. The third-order valence-corrected chi connectivity index (χ3v) is 5.65. The van der Waals surface area contributed by atoms with Crippen molar-refractivity contribution in [3.05, 3.63) is 58.1 Å². The average Bonchev–Trinajstić information content (AvgIpc) is 2.74. The smallest absolute Gasteiger partial charge is 0.259 e. The van der Waals surface area contributed by atoms with Gasteiger partial charge in [0.15, 0.2) is 0 Å². The Kier molecular flexibility index (Phi) is 6.25. The Bertz CT molecular complexity index is 1130. The second-order valence-corrected chi connectivity index (χ2v) is 8.02. The van der Waals surface area contributed by atoms with Crippen LogP contribution in [-0.4, -0.2) is 42.4 Å². The van der Waals surface area contributed by atoms with E-state index < -0.39 is 0 Å². The zero-order valence-electron chi connectivity index (χ0n) is 18.6. The molecule has 0 bridgehead atoms. The number of nitrogens with zero attached hydrogens (tertiary/aromatic N) is 2. The number of ether oxygens (including phenoxy) is 2. The fourth-order valence-electron chi connectivity index (χ4n) is 4.13. The van der Waals surface area contributed by atoms with E-state index >= 15 is 0 Å². The SMILES string of the molecule is CCOC(C)c1cc2cc[nH]c(=O)c2c(Nc2ccc(N3CCO[C@H](C)C3)c(C)c2)n1. The van der Waals surface area contributed by atoms with Gasteiger partial charge < -0.3 is 24.7 Å². The predicted octanol–water partition coefficient (Wildman–Crippen LogP) is 4.30. The van der Waals surface area contributed by atoms with Gasteiger partial charge in [0.1, 0.15) is 5.82 Å². The highest BCUT2D eigenvalue weighted by Crippen LogP contribution is 2.30. The van der Waals surface area contributed by atoms with Crippen molar-refractivity contribution in [1.29, 1.82) is 0 Å². The third-order valence-electron chi connectivity index (χ3n) is 5.65. The quantitative estimate of drug-likeness (QED) is 0.617. The van der Waals surface area contributed by atoms with Crippen LogP contribution < -0.4 is 15.8 Å². The molecule has 1 aliphatic rings. The van der Waals surface area contributed by atoms with Crippen LogP contribution in [0.15, 0.2) is 41.3 Å². The Morgan fingerprint density at radius 2 is 2.19 bits per heavy atom. The first-order chi connectivity index (χ1) is 15.0. The van der Waals surface area contributed by atoms with Gasteiger partial charge in [0.2, 0.25) is 0 Å². The van der Waals surface area contributed by atoms with Crippen molar-refractivity contribution in [3.8, 4) is 0 Å². The van der Waals surface area contributed by atoms with Crippen LogP contribution >= 0.6 is 0 Å². The molecule has 164 valence electrons. The van der Waals surface area contributed by atoms with Crippen LogP contribution in [0.3, 0.4) is 0 Å². The van der Waals surface area contributed by atoms with Crippen LogP contribution in [0.1, 0.15) is 38.1 Å². The molecule has 0 spiro atoms. The van der Waals surface area contributed by atoms with Crippen molar-refractivity contribution >= 4 is 28.0 Å². The van der Waals surface area contributed by atoms with Gasteiger partial charge in [-0.15, -0.1) is 0 Å². The Balaban J connectivity index is 1.69. The summed E-state index contributed by atoms with van der Waals surface area (Å²) in [5, 5.41) is 4.75. The summed E-state index contributed by atoms with van der Waals surface area (Å²) in [6, 6.07) is 10.1. The molecule has 7 nitrogen and oxygen atoms in total. The van der Waals surface area contributed by atoms with Gasteiger partial charge in [-0.25, -0.2) is 4.98 Å². The van der Waals surface area contributed by atoms with Gasteiger partial charge >= 0.3 is 0 Å². The number of morpholine rings is 1. The van der Waals surface area contributed by atoms with E-state index in [0.717, 1.165) is 42.0 Å². The Morgan fingerprint density at radius 3 is 2.94 bits per heavy atom. The van der Waals surface area contributed by atoms with Crippen molar-refractivity contribution in [2.75, 3.05) is 36.5 Å². The lowest BCUT2D eigenvalue weighted by atomic mass is 10.1. The Hall–Kier alpha value is -2.90. The first-order valence-corrected chi connectivity index (χ1v) is 10.8.